The fourth-order valence-corrected chi connectivity index (χ4v) is 1.95. The van der Waals surface area contributed by atoms with Crippen molar-refractivity contribution in [3.05, 3.63) is 63.7 Å². The predicted molar refractivity (Wildman–Crippen MR) is 86.6 cm³/mol. The van der Waals surface area contributed by atoms with Crippen LogP contribution < -0.4 is 5.01 Å². The van der Waals surface area contributed by atoms with E-state index < -0.39 is 4.92 Å². The highest BCUT2D eigenvalue weighted by atomic mass is 16.6. The van der Waals surface area contributed by atoms with Gasteiger partial charge in [0.25, 0.3) is 0 Å². The van der Waals surface area contributed by atoms with Gasteiger partial charge in [0.1, 0.15) is 0 Å². The number of hydrogen-bond acceptors (Lipinski definition) is 5. The van der Waals surface area contributed by atoms with Crippen molar-refractivity contribution in [2.24, 2.45) is 5.10 Å². The van der Waals surface area contributed by atoms with Gasteiger partial charge in [0.15, 0.2) is 5.75 Å². The predicted octanol–water partition coefficient (Wildman–Crippen LogP) is 3.47. The number of aromatic hydroxyl groups is 1. The lowest BCUT2D eigenvalue weighted by molar-refractivity contribution is -0.385. The maximum absolute atomic E-state index is 10.8. The van der Waals surface area contributed by atoms with Crippen LogP contribution in [-0.4, -0.2) is 22.8 Å². The number of anilines is 1. The minimum absolute atomic E-state index is 0.331. The minimum Gasteiger partial charge on any atom is -0.502 e. The van der Waals surface area contributed by atoms with Crippen LogP contribution in [0.15, 0.2) is 47.6 Å². The van der Waals surface area contributed by atoms with Crippen LogP contribution in [0.4, 0.5) is 11.4 Å². The lowest BCUT2D eigenvalue weighted by Crippen LogP contribution is -2.15. The summed E-state index contributed by atoms with van der Waals surface area (Å²) in [4.78, 5) is 10.2. The summed E-state index contributed by atoms with van der Waals surface area (Å²) in [6.45, 7) is 4.65. The molecule has 0 bridgehead atoms. The van der Waals surface area contributed by atoms with E-state index in [0.717, 1.165) is 11.3 Å². The van der Waals surface area contributed by atoms with Gasteiger partial charge in [-0.25, -0.2) is 0 Å². The molecule has 6 nitrogen and oxygen atoms in total. The first kappa shape index (κ1) is 15.5. The van der Waals surface area contributed by atoms with Crippen LogP contribution in [0.25, 0.3) is 0 Å². The number of nitro benzene ring substituents is 1. The SMILES string of the molecule is CCN(/N=C\c1ccc(O)c([N+](=O)[O-])c1)c1ccc(C)cc1. The third-order valence-electron chi connectivity index (χ3n) is 3.17. The summed E-state index contributed by atoms with van der Waals surface area (Å²) >= 11 is 0. The Kier molecular flexibility index (Phi) is 4.73. The van der Waals surface area contributed by atoms with Crippen molar-refractivity contribution >= 4 is 17.6 Å². The summed E-state index contributed by atoms with van der Waals surface area (Å²) in [5.41, 5.74) is 2.33. The molecule has 0 atom stereocenters. The fraction of sp³-hybridized carbons (Fsp3) is 0.188. The van der Waals surface area contributed by atoms with Crippen LogP contribution in [0.1, 0.15) is 18.1 Å². The van der Waals surface area contributed by atoms with Crippen molar-refractivity contribution < 1.29 is 10.0 Å². The molecule has 0 unspecified atom stereocenters. The molecule has 0 radical (unpaired) electrons. The largest absolute Gasteiger partial charge is 0.502 e. The minimum atomic E-state index is -0.621. The number of hydrazone groups is 1. The average molecular weight is 299 g/mol. The molecular weight excluding hydrogens is 282 g/mol. The molecule has 0 heterocycles. The molecule has 2 aromatic carbocycles. The van der Waals surface area contributed by atoms with Gasteiger partial charge in [-0.1, -0.05) is 17.7 Å². The van der Waals surface area contributed by atoms with E-state index in [1.807, 2.05) is 38.1 Å². The number of phenolic OH excluding ortho intramolecular Hbond substituents is 1. The maximum Gasteiger partial charge on any atom is 0.311 e. The van der Waals surface area contributed by atoms with Gasteiger partial charge in [-0.15, -0.1) is 0 Å². The Morgan fingerprint density at radius 3 is 2.55 bits per heavy atom. The Balaban J connectivity index is 2.24. The summed E-state index contributed by atoms with van der Waals surface area (Å²) in [5.74, 6) is -0.354. The third-order valence-corrected chi connectivity index (χ3v) is 3.17. The summed E-state index contributed by atoms with van der Waals surface area (Å²) in [7, 11) is 0. The van der Waals surface area contributed by atoms with Gasteiger partial charge in [0.05, 0.1) is 16.8 Å². The zero-order valence-electron chi connectivity index (χ0n) is 12.4. The average Bonchev–Trinajstić information content (AvgIpc) is 2.50. The van der Waals surface area contributed by atoms with Crippen molar-refractivity contribution in [1.82, 2.24) is 0 Å². The molecule has 0 aromatic heterocycles. The summed E-state index contributed by atoms with van der Waals surface area (Å²) < 4.78 is 0. The van der Waals surface area contributed by atoms with Crippen LogP contribution in [0.2, 0.25) is 0 Å². The van der Waals surface area contributed by atoms with Crippen molar-refractivity contribution in [3.63, 3.8) is 0 Å². The van der Waals surface area contributed by atoms with Gasteiger partial charge in [0.2, 0.25) is 0 Å². The lowest BCUT2D eigenvalue weighted by atomic mass is 10.2. The highest BCUT2D eigenvalue weighted by Crippen LogP contribution is 2.25. The van der Waals surface area contributed by atoms with Crippen LogP contribution in [0.3, 0.4) is 0 Å². The van der Waals surface area contributed by atoms with Gasteiger partial charge in [-0.2, -0.15) is 5.10 Å². The van der Waals surface area contributed by atoms with Crippen molar-refractivity contribution in [1.29, 1.82) is 0 Å². The quantitative estimate of drug-likeness (QED) is 0.521. The van der Waals surface area contributed by atoms with Crippen LogP contribution >= 0.6 is 0 Å². The second kappa shape index (κ2) is 6.71. The van der Waals surface area contributed by atoms with Crippen molar-refractivity contribution in [3.8, 4) is 5.75 Å². The topological polar surface area (TPSA) is 79.0 Å². The molecule has 0 aliphatic carbocycles. The molecule has 114 valence electrons. The van der Waals surface area contributed by atoms with E-state index in [4.69, 9.17) is 0 Å². The lowest BCUT2D eigenvalue weighted by Gasteiger charge is -2.16. The number of benzene rings is 2. The Morgan fingerprint density at radius 1 is 1.27 bits per heavy atom. The molecule has 0 fully saturated rings. The molecule has 6 heteroatoms. The molecule has 0 aliphatic rings. The first-order chi connectivity index (χ1) is 10.5. The molecule has 2 rings (SSSR count). The molecule has 22 heavy (non-hydrogen) atoms. The van der Waals surface area contributed by atoms with E-state index in [2.05, 4.69) is 5.10 Å². The first-order valence-electron chi connectivity index (χ1n) is 6.87. The monoisotopic (exact) mass is 299 g/mol. The molecule has 0 saturated carbocycles. The zero-order valence-corrected chi connectivity index (χ0v) is 12.4. The van der Waals surface area contributed by atoms with Crippen LogP contribution in [-0.2, 0) is 0 Å². The second-order valence-electron chi connectivity index (χ2n) is 4.80. The van der Waals surface area contributed by atoms with Gasteiger partial charge in [-0.05, 0) is 38.1 Å². The molecule has 0 spiro atoms. The summed E-state index contributed by atoms with van der Waals surface area (Å²) in [5, 5.41) is 26.4. The first-order valence-corrected chi connectivity index (χ1v) is 6.87. The number of aryl methyl sites for hydroxylation is 1. The Labute approximate surface area is 128 Å². The number of nitro groups is 1. The van der Waals surface area contributed by atoms with Crippen LogP contribution in [0.5, 0.6) is 5.75 Å². The highest BCUT2D eigenvalue weighted by molar-refractivity contribution is 5.82. The van der Waals surface area contributed by atoms with Crippen molar-refractivity contribution in [2.75, 3.05) is 11.6 Å². The highest BCUT2D eigenvalue weighted by Gasteiger charge is 2.12. The molecule has 0 aliphatic heterocycles. The number of hydrogen-bond donors (Lipinski definition) is 1. The molecular formula is C16H17N3O3. The Hall–Kier alpha value is -2.89. The number of phenols is 1. The standard InChI is InChI=1S/C16H17N3O3/c1-3-18(14-7-4-12(2)5-8-14)17-11-13-6-9-16(20)15(10-13)19(21)22/h4-11,20H,3H2,1-2H3/b17-11-. The van der Waals surface area contributed by atoms with E-state index >= 15 is 0 Å². The van der Waals surface area contributed by atoms with Crippen LogP contribution in [0, 0.1) is 17.0 Å². The van der Waals surface area contributed by atoms with Gasteiger partial charge in [0, 0.05) is 18.2 Å². The van der Waals surface area contributed by atoms with Crippen molar-refractivity contribution in [2.45, 2.75) is 13.8 Å². The fourth-order valence-electron chi connectivity index (χ4n) is 1.95. The molecule has 2 aromatic rings. The summed E-state index contributed by atoms with van der Waals surface area (Å²) in [6.07, 6.45) is 1.54. The zero-order chi connectivity index (χ0) is 16.1. The van der Waals surface area contributed by atoms with Gasteiger partial charge >= 0.3 is 5.69 Å². The molecule has 0 amide bonds. The van der Waals surface area contributed by atoms with E-state index in [0.29, 0.717) is 12.1 Å². The molecule has 1 N–H and O–H groups in total. The number of nitrogens with zero attached hydrogens (tertiary/aromatic N) is 3. The summed E-state index contributed by atoms with van der Waals surface area (Å²) in [6, 6.07) is 12.1. The Bertz CT molecular complexity index is 696. The second-order valence-corrected chi connectivity index (χ2v) is 4.80. The van der Waals surface area contributed by atoms with Gasteiger partial charge < -0.3 is 5.11 Å². The van der Waals surface area contributed by atoms with E-state index in [1.165, 1.54) is 18.3 Å². The molecule has 0 saturated heterocycles. The van der Waals surface area contributed by atoms with Gasteiger partial charge in [-0.3, -0.25) is 15.1 Å². The van der Waals surface area contributed by atoms with E-state index in [1.54, 1.807) is 11.1 Å². The maximum atomic E-state index is 10.8. The third kappa shape index (κ3) is 3.60. The number of rotatable bonds is 5. The Morgan fingerprint density at radius 2 is 1.95 bits per heavy atom. The van der Waals surface area contributed by atoms with E-state index in [9.17, 15) is 15.2 Å². The smallest absolute Gasteiger partial charge is 0.311 e. The van der Waals surface area contributed by atoms with E-state index in [-0.39, 0.29) is 11.4 Å². The normalized spacial score (nSPS) is 10.8.